The molecule has 1 saturated heterocycles. The maximum Gasteiger partial charge on any atom is 0.137 e. The number of likely N-dealkylation sites (tertiary alicyclic amines) is 1. The summed E-state index contributed by atoms with van der Waals surface area (Å²) in [5.41, 5.74) is 1.04. The van der Waals surface area contributed by atoms with Crippen LogP contribution in [0.25, 0.3) is 0 Å². The predicted octanol–water partition coefficient (Wildman–Crippen LogP) is 4.45. The van der Waals surface area contributed by atoms with E-state index in [4.69, 9.17) is 0 Å². The Kier molecular flexibility index (Phi) is 4.44. The van der Waals surface area contributed by atoms with Crippen LogP contribution in [0.3, 0.4) is 0 Å². The second-order valence-electron chi connectivity index (χ2n) is 5.70. The second-order valence-corrected chi connectivity index (χ2v) is 6.49. The average molecular weight is 314 g/mol. The number of benzene rings is 1. The van der Waals surface area contributed by atoms with Gasteiger partial charge in [-0.2, -0.15) is 0 Å². The first-order valence-corrected chi connectivity index (χ1v) is 7.45. The van der Waals surface area contributed by atoms with E-state index in [0.717, 1.165) is 24.6 Å². The number of halogens is 2. The van der Waals surface area contributed by atoms with Crippen molar-refractivity contribution >= 4 is 15.9 Å². The molecule has 0 aliphatic carbocycles. The number of nitrogens with zero attached hydrogens (tertiary/aromatic N) is 1. The lowest BCUT2D eigenvalue weighted by Crippen LogP contribution is -2.45. The van der Waals surface area contributed by atoms with Gasteiger partial charge < -0.3 is 0 Å². The van der Waals surface area contributed by atoms with Gasteiger partial charge in [0.1, 0.15) is 5.82 Å². The van der Waals surface area contributed by atoms with Crippen molar-refractivity contribution in [3.8, 4) is 0 Å². The van der Waals surface area contributed by atoms with E-state index in [9.17, 15) is 4.39 Å². The monoisotopic (exact) mass is 313 g/mol. The average Bonchev–Trinajstić information content (AvgIpc) is 2.31. The zero-order valence-electron chi connectivity index (χ0n) is 11.3. The van der Waals surface area contributed by atoms with E-state index in [2.05, 4.69) is 41.6 Å². The SMILES string of the molecule is CC1CC(C)C(C)N(Cc2cccc(F)c2Br)C1. The number of hydrogen-bond donors (Lipinski definition) is 0. The molecule has 3 atom stereocenters. The van der Waals surface area contributed by atoms with Gasteiger partial charge in [-0.1, -0.05) is 26.0 Å². The highest BCUT2D eigenvalue weighted by Crippen LogP contribution is 2.30. The third kappa shape index (κ3) is 2.94. The lowest BCUT2D eigenvalue weighted by molar-refractivity contribution is 0.0727. The molecule has 1 nitrogen and oxygen atoms in total. The summed E-state index contributed by atoms with van der Waals surface area (Å²) < 4.78 is 14.1. The maximum atomic E-state index is 13.5. The Hall–Kier alpha value is -0.410. The fourth-order valence-corrected chi connectivity index (χ4v) is 3.32. The molecule has 2 rings (SSSR count). The van der Waals surface area contributed by atoms with E-state index in [0.29, 0.717) is 16.4 Å². The van der Waals surface area contributed by atoms with E-state index in [1.54, 1.807) is 6.07 Å². The summed E-state index contributed by atoms with van der Waals surface area (Å²) in [4.78, 5) is 2.47. The van der Waals surface area contributed by atoms with Crippen molar-refractivity contribution in [1.29, 1.82) is 0 Å². The molecule has 1 aliphatic heterocycles. The van der Waals surface area contributed by atoms with Crippen LogP contribution in [0.4, 0.5) is 4.39 Å². The normalized spacial score (nSPS) is 29.5. The Morgan fingerprint density at radius 3 is 2.78 bits per heavy atom. The van der Waals surface area contributed by atoms with Gasteiger partial charge in [0.2, 0.25) is 0 Å². The molecule has 1 heterocycles. The summed E-state index contributed by atoms with van der Waals surface area (Å²) in [7, 11) is 0. The van der Waals surface area contributed by atoms with Gasteiger partial charge in [-0.3, -0.25) is 4.90 Å². The highest BCUT2D eigenvalue weighted by Gasteiger charge is 2.28. The molecule has 18 heavy (non-hydrogen) atoms. The van der Waals surface area contributed by atoms with Crippen LogP contribution >= 0.6 is 15.9 Å². The number of hydrogen-bond acceptors (Lipinski definition) is 1. The minimum Gasteiger partial charge on any atom is -0.296 e. The van der Waals surface area contributed by atoms with Crippen LogP contribution in [-0.2, 0) is 6.54 Å². The van der Waals surface area contributed by atoms with E-state index < -0.39 is 0 Å². The first-order valence-electron chi connectivity index (χ1n) is 6.66. The lowest BCUT2D eigenvalue weighted by Gasteiger charge is -2.41. The van der Waals surface area contributed by atoms with Crippen LogP contribution in [0.1, 0.15) is 32.8 Å². The number of piperidine rings is 1. The van der Waals surface area contributed by atoms with Crippen molar-refractivity contribution in [2.45, 2.75) is 39.8 Å². The molecule has 1 aliphatic rings. The van der Waals surface area contributed by atoms with Crippen LogP contribution in [0.15, 0.2) is 22.7 Å². The van der Waals surface area contributed by atoms with Crippen molar-refractivity contribution in [3.05, 3.63) is 34.1 Å². The topological polar surface area (TPSA) is 3.24 Å². The lowest BCUT2D eigenvalue weighted by atomic mass is 9.86. The fourth-order valence-electron chi connectivity index (χ4n) is 2.93. The van der Waals surface area contributed by atoms with E-state index in [1.165, 1.54) is 12.5 Å². The quantitative estimate of drug-likeness (QED) is 0.779. The van der Waals surface area contributed by atoms with Crippen LogP contribution in [0.5, 0.6) is 0 Å². The molecule has 0 N–H and O–H groups in total. The van der Waals surface area contributed by atoms with E-state index >= 15 is 0 Å². The summed E-state index contributed by atoms with van der Waals surface area (Å²) in [5.74, 6) is 1.27. The van der Waals surface area contributed by atoms with Crippen LogP contribution in [-0.4, -0.2) is 17.5 Å². The van der Waals surface area contributed by atoms with E-state index in [-0.39, 0.29) is 5.82 Å². The third-order valence-corrected chi connectivity index (χ3v) is 5.01. The Bertz CT molecular complexity index is 421. The van der Waals surface area contributed by atoms with Gasteiger partial charge in [-0.05, 0) is 52.7 Å². The van der Waals surface area contributed by atoms with Gasteiger partial charge in [0.05, 0.1) is 4.47 Å². The number of rotatable bonds is 2. The summed E-state index contributed by atoms with van der Waals surface area (Å²) in [6, 6.07) is 5.86. The molecule has 1 fully saturated rings. The van der Waals surface area contributed by atoms with Gasteiger partial charge in [0.15, 0.2) is 0 Å². The molecule has 1 aromatic carbocycles. The van der Waals surface area contributed by atoms with Crippen molar-refractivity contribution < 1.29 is 4.39 Å². The Balaban J connectivity index is 2.15. The molecule has 1 aromatic rings. The third-order valence-electron chi connectivity index (χ3n) is 4.12. The minimum atomic E-state index is -0.168. The molecule has 0 spiro atoms. The standard InChI is InChI=1S/C15H21BrFN/c1-10-7-11(2)12(3)18(8-10)9-13-5-4-6-14(17)15(13)16/h4-6,10-12H,7-9H2,1-3H3. The van der Waals surface area contributed by atoms with Gasteiger partial charge in [0.25, 0.3) is 0 Å². The predicted molar refractivity (Wildman–Crippen MR) is 76.9 cm³/mol. The highest BCUT2D eigenvalue weighted by molar-refractivity contribution is 9.10. The summed E-state index contributed by atoms with van der Waals surface area (Å²) >= 11 is 3.36. The van der Waals surface area contributed by atoms with Gasteiger partial charge in [0, 0.05) is 19.1 Å². The van der Waals surface area contributed by atoms with Crippen molar-refractivity contribution in [3.63, 3.8) is 0 Å². The molecule has 0 saturated carbocycles. The first kappa shape index (κ1) is 14.0. The van der Waals surface area contributed by atoms with Crippen molar-refractivity contribution in [2.24, 2.45) is 11.8 Å². The largest absolute Gasteiger partial charge is 0.296 e. The molecule has 0 bridgehead atoms. The molecule has 3 heteroatoms. The zero-order chi connectivity index (χ0) is 13.3. The Labute approximate surface area is 118 Å². The maximum absolute atomic E-state index is 13.5. The van der Waals surface area contributed by atoms with E-state index in [1.807, 2.05) is 6.07 Å². The Morgan fingerprint density at radius 1 is 1.33 bits per heavy atom. The van der Waals surface area contributed by atoms with Crippen molar-refractivity contribution in [1.82, 2.24) is 4.90 Å². The van der Waals surface area contributed by atoms with Gasteiger partial charge in [-0.25, -0.2) is 4.39 Å². The Morgan fingerprint density at radius 2 is 2.06 bits per heavy atom. The fraction of sp³-hybridized carbons (Fsp3) is 0.600. The highest BCUT2D eigenvalue weighted by atomic mass is 79.9. The minimum absolute atomic E-state index is 0.168. The van der Waals surface area contributed by atoms with Crippen LogP contribution in [0, 0.1) is 17.7 Å². The van der Waals surface area contributed by atoms with Crippen LogP contribution in [0.2, 0.25) is 0 Å². The van der Waals surface area contributed by atoms with Crippen molar-refractivity contribution in [2.75, 3.05) is 6.54 Å². The molecular weight excluding hydrogens is 293 g/mol. The second kappa shape index (κ2) is 5.70. The van der Waals surface area contributed by atoms with Gasteiger partial charge >= 0.3 is 0 Å². The molecular formula is C15H21BrFN. The van der Waals surface area contributed by atoms with Crippen LogP contribution < -0.4 is 0 Å². The summed E-state index contributed by atoms with van der Waals surface area (Å²) in [6.45, 7) is 8.83. The molecule has 3 unspecified atom stereocenters. The molecule has 0 radical (unpaired) electrons. The summed E-state index contributed by atoms with van der Waals surface area (Å²) in [6.07, 6.45) is 1.29. The molecule has 0 amide bonds. The van der Waals surface area contributed by atoms with Gasteiger partial charge in [-0.15, -0.1) is 0 Å². The summed E-state index contributed by atoms with van der Waals surface area (Å²) in [5, 5.41) is 0. The molecule has 100 valence electrons. The molecule has 0 aromatic heterocycles. The first-order chi connectivity index (χ1) is 8.49. The smallest absolute Gasteiger partial charge is 0.137 e. The zero-order valence-corrected chi connectivity index (χ0v) is 12.9.